The number of anilines is 1. The van der Waals surface area contributed by atoms with Crippen molar-refractivity contribution in [1.82, 2.24) is 29.9 Å². The fourth-order valence-electron chi connectivity index (χ4n) is 5.15. The fourth-order valence-corrected chi connectivity index (χ4v) is 7.33. The minimum Gasteiger partial charge on any atom is -0.377 e. The van der Waals surface area contributed by atoms with Gasteiger partial charge in [0.1, 0.15) is 5.82 Å². The van der Waals surface area contributed by atoms with Gasteiger partial charge < -0.3 is 15.0 Å². The molecule has 37 heavy (non-hydrogen) atoms. The van der Waals surface area contributed by atoms with Crippen LogP contribution in [-0.2, 0) is 14.8 Å². The smallest absolute Gasteiger partial charge is 0.291 e. The highest BCUT2D eigenvalue weighted by molar-refractivity contribution is 7.89. The van der Waals surface area contributed by atoms with Gasteiger partial charge >= 0.3 is 0 Å². The van der Waals surface area contributed by atoms with Crippen molar-refractivity contribution in [2.24, 2.45) is 0 Å². The number of nitrogens with one attached hydrogen (secondary N) is 2. The van der Waals surface area contributed by atoms with Gasteiger partial charge in [-0.1, -0.05) is 11.3 Å². The highest BCUT2D eigenvalue weighted by Gasteiger charge is 2.39. The minimum atomic E-state index is -3.93. The van der Waals surface area contributed by atoms with Crippen molar-refractivity contribution in [1.29, 1.82) is 0 Å². The maximum Gasteiger partial charge on any atom is 0.291 e. The largest absolute Gasteiger partial charge is 0.377 e. The number of fused-ring (bicyclic) bond motifs is 1. The maximum atomic E-state index is 13.6. The van der Waals surface area contributed by atoms with Gasteiger partial charge in [0.15, 0.2) is 10.0 Å². The Bertz CT molecular complexity index is 1440. The van der Waals surface area contributed by atoms with Crippen molar-refractivity contribution < 1.29 is 21.9 Å². The Morgan fingerprint density at radius 3 is 2.46 bits per heavy atom. The van der Waals surface area contributed by atoms with Gasteiger partial charge in [-0.25, -0.2) is 26.4 Å². The quantitative estimate of drug-likeness (QED) is 0.459. The molecule has 0 spiro atoms. The minimum absolute atomic E-state index is 0.0871. The van der Waals surface area contributed by atoms with Crippen molar-refractivity contribution in [3.63, 3.8) is 0 Å². The van der Waals surface area contributed by atoms with Crippen LogP contribution in [0.25, 0.3) is 16.1 Å². The molecule has 2 atom stereocenters. The highest BCUT2D eigenvalue weighted by atomic mass is 32.2. The number of piperazine rings is 1. The number of aromatic nitrogens is 4. The van der Waals surface area contributed by atoms with Crippen molar-refractivity contribution in [3.05, 3.63) is 22.8 Å². The molecule has 2 aliphatic heterocycles. The molecule has 200 valence electrons. The standard InChI is InChI=1S/C23H29F2N7O3S2/c1-12-8-31(9-13(2)26-12)17-7-15(37(33,34)30-23(3)10-35-11-23)6-16-18(19(14-4-5-14)29-32(16)17)21-27-28-22(36-21)20(24)25/h6-7,12-14,20,26,30H,4-5,8-11H2,1-3H3/t12-,13-/m0/s1. The van der Waals surface area contributed by atoms with E-state index in [4.69, 9.17) is 9.84 Å². The number of hydrogen-bond acceptors (Lipinski definition) is 9. The van der Waals surface area contributed by atoms with Gasteiger partial charge in [-0.3, -0.25) is 0 Å². The lowest BCUT2D eigenvalue weighted by atomic mass is 10.0. The van der Waals surface area contributed by atoms with E-state index in [9.17, 15) is 17.2 Å². The lowest BCUT2D eigenvalue weighted by Gasteiger charge is -2.39. The molecule has 10 nitrogen and oxygen atoms in total. The molecule has 3 fully saturated rings. The van der Waals surface area contributed by atoms with E-state index in [1.165, 1.54) is 0 Å². The lowest BCUT2D eigenvalue weighted by molar-refractivity contribution is -0.0523. The van der Waals surface area contributed by atoms with E-state index in [0.29, 0.717) is 48.2 Å². The molecule has 0 bridgehead atoms. The zero-order valence-electron chi connectivity index (χ0n) is 20.7. The summed E-state index contributed by atoms with van der Waals surface area (Å²) >= 11 is 0.820. The Kier molecular flexibility index (Phi) is 6.02. The van der Waals surface area contributed by atoms with Gasteiger partial charge in [0.2, 0.25) is 10.0 Å². The third-order valence-electron chi connectivity index (χ3n) is 6.93. The van der Waals surface area contributed by atoms with Crippen LogP contribution in [0.2, 0.25) is 0 Å². The highest BCUT2D eigenvalue weighted by Crippen LogP contribution is 2.47. The van der Waals surface area contributed by atoms with E-state index >= 15 is 0 Å². The zero-order chi connectivity index (χ0) is 26.1. The number of pyridine rings is 1. The Labute approximate surface area is 217 Å². The average molecular weight is 554 g/mol. The molecule has 2 N–H and O–H groups in total. The molecule has 1 aliphatic carbocycles. The topological polar surface area (TPSA) is 114 Å². The van der Waals surface area contributed by atoms with Crippen molar-refractivity contribution in [2.75, 3.05) is 31.2 Å². The molecule has 6 rings (SSSR count). The number of rotatable bonds is 7. The fraction of sp³-hybridized carbons (Fsp3) is 0.609. The first kappa shape index (κ1) is 25.0. The summed E-state index contributed by atoms with van der Waals surface area (Å²) in [6.07, 6.45) is -0.874. The predicted octanol–water partition coefficient (Wildman–Crippen LogP) is 2.92. The number of ether oxygens (including phenoxy) is 1. The molecular weight excluding hydrogens is 524 g/mol. The van der Waals surface area contributed by atoms with E-state index in [-0.39, 0.29) is 27.9 Å². The van der Waals surface area contributed by atoms with Gasteiger partial charge in [0.05, 0.1) is 40.4 Å². The molecule has 3 aromatic rings. The van der Waals surface area contributed by atoms with Crippen molar-refractivity contribution in [3.8, 4) is 10.6 Å². The number of sulfonamides is 1. The summed E-state index contributed by atoms with van der Waals surface area (Å²) in [4.78, 5) is 2.22. The molecule has 3 aliphatic rings. The van der Waals surface area contributed by atoms with Gasteiger partial charge in [-0.05, 0) is 39.7 Å². The van der Waals surface area contributed by atoms with Crippen LogP contribution in [0.5, 0.6) is 0 Å². The van der Waals surface area contributed by atoms with Crippen LogP contribution in [0.1, 0.15) is 56.7 Å². The maximum absolute atomic E-state index is 13.6. The summed E-state index contributed by atoms with van der Waals surface area (Å²) in [5.41, 5.74) is 1.16. The molecular formula is C23H29F2N7O3S2. The summed E-state index contributed by atoms with van der Waals surface area (Å²) in [5, 5.41) is 16.1. The van der Waals surface area contributed by atoms with E-state index in [1.807, 2.05) is 0 Å². The second-order valence-corrected chi connectivity index (χ2v) is 13.4. The summed E-state index contributed by atoms with van der Waals surface area (Å²) in [6, 6.07) is 3.58. The second kappa shape index (κ2) is 8.90. The summed E-state index contributed by atoms with van der Waals surface area (Å²) < 4.78 is 63.7. The third-order valence-corrected chi connectivity index (χ3v) is 9.50. The van der Waals surface area contributed by atoms with E-state index in [0.717, 1.165) is 29.9 Å². The monoisotopic (exact) mass is 553 g/mol. The second-order valence-electron chi connectivity index (χ2n) is 10.7. The van der Waals surface area contributed by atoms with Crippen LogP contribution < -0.4 is 14.9 Å². The van der Waals surface area contributed by atoms with Crippen LogP contribution in [0.3, 0.4) is 0 Å². The summed E-state index contributed by atoms with van der Waals surface area (Å²) in [5.74, 6) is 0.812. The number of halogens is 2. The molecule has 2 saturated heterocycles. The molecule has 0 unspecified atom stereocenters. The molecule has 14 heteroatoms. The van der Waals surface area contributed by atoms with Crippen LogP contribution >= 0.6 is 11.3 Å². The van der Waals surface area contributed by atoms with Gasteiger partial charge in [0, 0.05) is 37.2 Å². The van der Waals surface area contributed by atoms with Crippen LogP contribution in [0.15, 0.2) is 17.0 Å². The summed E-state index contributed by atoms with van der Waals surface area (Å²) in [7, 11) is -3.93. The number of hydrogen-bond donors (Lipinski definition) is 2. The molecule has 0 aromatic carbocycles. The van der Waals surface area contributed by atoms with E-state index in [1.54, 1.807) is 23.6 Å². The molecule has 5 heterocycles. The Hall–Kier alpha value is -2.26. The van der Waals surface area contributed by atoms with Gasteiger partial charge in [-0.2, -0.15) is 5.10 Å². The van der Waals surface area contributed by atoms with E-state index in [2.05, 4.69) is 39.0 Å². The first-order valence-corrected chi connectivity index (χ1v) is 14.6. The SMILES string of the molecule is C[C@H]1CN(c2cc(S(=O)(=O)NC3(C)COC3)cc3c(-c4nnc(C(F)F)s4)c(C4CC4)nn23)C[C@H](C)N1. The van der Waals surface area contributed by atoms with Gasteiger partial charge in [-0.15, -0.1) is 10.2 Å². The first-order valence-electron chi connectivity index (χ1n) is 12.3. The predicted molar refractivity (Wildman–Crippen MR) is 135 cm³/mol. The van der Waals surface area contributed by atoms with Crippen LogP contribution in [-0.4, -0.2) is 72.2 Å². The summed E-state index contributed by atoms with van der Waals surface area (Å²) in [6.45, 7) is 7.86. The number of alkyl halides is 2. The van der Waals surface area contributed by atoms with Crippen molar-refractivity contribution in [2.45, 2.75) is 68.5 Å². The Balaban J connectivity index is 1.56. The Morgan fingerprint density at radius 1 is 1.19 bits per heavy atom. The van der Waals surface area contributed by atoms with Crippen LogP contribution in [0, 0.1) is 0 Å². The average Bonchev–Trinajstić information content (AvgIpc) is 3.39. The molecule has 1 saturated carbocycles. The van der Waals surface area contributed by atoms with E-state index < -0.39 is 22.0 Å². The Morgan fingerprint density at radius 2 is 1.89 bits per heavy atom. The lowest BCUT2D eigenvalue weighted by Crippen LogP contribution is -2.59. The van der Waals surface area contributed by atoms with Gasteiger partial charge in [0.25, 0.3) is 6.43 Å². The zero-order valence-corrected chi connectivity index (χ0v) is 22.4. The first-order chi connectivity index (χ1) is 17.5. The molecule has 0 radical (unpaired) electrons. The molecule has 3 aromatic heterocycles. The molecule has 0 amide bonds. The van der Waals surface area contributed by atoms with Crippen molar-refractivity contribution >= 4 is 32.7 Å². The third kappa shape index (κ3) is 4.62. The normalized spacial score (nSPS) is 24.1. The number of nitrogens with zero attached hydrogens (tertiary/aromatic N) is 5. The van der Waals surface area contributed by atoms with Crippen LogP contribution in [0.4, 0.5) is 14.6 Å².